The fourth-order valence-corrected chi connectivity index (χ4v) is 3.92. The lowest BCUT2D eigenvalue weighted by molar-refractivity contribution is 0.271. The van der Waals surface area contributed by atoms with Crippen molar-refractivity contribution in [2.45, 2.75) is 64.0 Å². The number of rotatable bonds is 3. The number of nitrogens with one attached hydrogen (secondary N) is 1. The summed E-state index contributed by atoms with van der Waals surface area (Å²) in [6.45, 7) is 2.40. The van der Waals surface area contributed by atoms with Crippen LogP contribution in [-0.4, -0.2) is 19.2 Å². The van der Waals surface area contributed by atoms with Crippen molar-refractivity contribution >= 4 is 0 Å². The minimum atomic E-state index is 0.657. The van der Waals surface area contributed by atoms with Crippen molar-refractivity contribution in [3.8, 4) is 5.75 Å². The quantitative estimate of drug-likeness (QED) is 0.906. The molecule has 20 heavy (non-hydrogen) atoms. The van der Waals surface area contributed by atoms with Crippen LogP contribution < -0.4 is 10.1 Å². The summed E-state index contributed by atoms with van der Waals surface area (Å²) in [6, 6.07) is 7.97. The van der Waals surface area contributed by atoms with E-state index in [9.17, 15) is 0 Å². The highest BCUT2D eigenvalue weighted by Crippen LogP contribution is 2.28. The molecule has 3 unspecified atom stereocenters. The first-order chi connectivity index (χ1) is 9.74. The highest BCUT2D eigenvalue weighted by Gasteiger charge is 2.24. The van der Waals surface area contributed by atoms with Gasteiger partial charge in [-0.1, -0.05) is 25.8 Å². The van der Waals surface area contributed by atoms with Crippen LogP contribution in [0.4, 0.5) is 0 Å². The van der Waals surface area contributed by atoms with Gasteiger partial charge in [-0.3, -0.25) is 0 Å². The summed E-state index contributed by atoms with van der Waals surface area (Å²) in [5.41, 5.74) is 3.00. The molecule has 1 saturated carbocycles. The van der Waals surface area contributed by atoms with E-state index in [1.807, 2.05) is 0 Å². The fourth-order valence-electron chi connectivity index (χ4n) is 3.92. The van der Waals surface area contributed by atoms with Crippen LogP contribution in [0.2, 0.25) is 0 Å². The van der Waals surface area contributed by atoms with E-state index in [4.69, 9.17) is 4.74 Å². The van der Waals surface area contributed by atoms with Crippen molar-refractivity contribution in [2.24, 2.45) is 5.92 Å². The van der Waals surface area contributed by atoms with Crippen LogP contribution in [0.1, 0.15) is 50.2 Å². The SMILES string of the molecule is COc1ccc2c(c1)CC(NC1CCCC(C)C1)CC2. The summed E-state index contributed by atoms with van der Waals surface area (Å²) in [5.74, 6) is 1.90. The number of ether oxygens (including phenoxy) is 1. The molecule has 110 valence electrons. The molecule has 1 aromatic carbocycles. The van der Waals surface area contributed by atoms with Gasteiger partial charge < -0.3 is 10.1 Å². The summed E-state index contributed by atoms with van der Waals surface area (Å²) in [4.78, 5) is 0. The van der Waals surface area contributed by atoms with Crippen LogP contribution in [0, 0.1) is 5.92 Å². The second kappa shape index (κ2) is 6.17. The van der Waals surface area contributed by atoms with Gasteiger partial charge in [0.05, 0.1) is 7.11 Å². The number of benzene rings is 1. The Balaban J connectivity index is 1.62. The molecular weight excluding hydrogens is 246 g/mol. The first-order valence-corrected chi connectivity index (χ1v) is 8.16. The third-order valence-corrected chi connectivity index (χ3v) is 5.05. The van der Waals surface area contributed by atoms with E-state index >= 15 is 0 Å². The van der Waals surface area contributed by atoms with Crippen LogP contribution >= 0.6 is 0 Å². The molecule has 0 amide bonds. The van der Waals surface area contributed by atoms with Crippen molar-refractivity contribution < 1.29 is 4.74 Å². The molecule has 0 radical (unpaired) electrons. The monoisotopic (exact) mass is 273 g/mol. The van der Waals surface area contributed by atoms with Gasteiger partial charge in [0, 0.05) is 12.1 Å². The number of hydrogen-bond donors (Lipinski definition) is 1. The second-order valence-corrected chi connectivity index (χ2v) is 6.71. The molecule has 1 aromatic rings. The van der Waals surface area contributed by atoms with Gasteiger partial charge in [-0.15, -0.1) is 0 Å². The van der Waals surface area contributed by atoms with Gasteiger partial charge in [0.25, 0.3) is 0 Å². The van der Waals surface area contributed by atoms with Crippen molar-refractivity contribution in [3.05, 3.63) is 29.3 Å². The van der Waals surface area contributed by atoms with Crippen LogP contribution in [0.25, 0.3) is 0 Å². The zero-order valence-electron chi connectivity index (χ0n) is 12.8. The molecule has 0 bridgehead atoms. The van der Waals surface area contributed by atoms with Crippen LogP contribution in [0.5, 0.6) is 5.75 Å². The third kappa shape index (κ3) is 3.17. The maximum atomic E-state index is 5.36. The van der Waals surface area contributed by atoms with E-state index in [1.165, 1.54) is 49.7 Å². The molecule has 1 N–H and O–H groups in total. The smallest absolute Gasteiger partial charge is 0.119 e. The Kier molecular flexibility index (Phi) is 4.30. The second-order valence-electron chi connectivity index (χ2n) is 6.71. The largest absolute Gasteiger partial charge is 0.497 e. The lowest BCUT2D eigenvalue weighted by atomic mass is 9.84. The summed E-state index contributed by atoms with van der Waals surface area (Å²) in [7, 11) is 1.75. The molecule has 2 heteroatoms. The molecule has 3 rings (SSSR count). The standard InChI is InChI=1S/C18H27NO/c1-13-4-3-5-16(10-13)19-17-8-6-14-7-9-18(20-2)12-15(14)11-17/h7,9,12-13,16-17,19H,3-6,8,10-11H2,1-2H3. The first-order valence-electron chi connectivity index (χ1n) is 8.16. The Labute approximate surface area is 122 Å². The van der Waals surface area contributed by atoms with Crippen molar-refractivity contribution in [2.75, 3.05) is 7.11 Å². The molecule has 2 aliphatic rings. The van der Waals surface area contributed by atoms with Crippen LogP contribution in [-0.2, 0) is 12.8 Å². The summed E-state index contributed by atoms with van der Waals surface area (Å²) in [6.07, 6.45) is 9.20. The number of hydrogen-bond acceptors (Lipinski definition) is 2. The van der Waals surface area contributed by atoms with Crippen molar-refractivity contribution in [3.63, 3.8) is 0 Å². The maximum absolute atomic E-state index is 5.36. The average molecular weight is 273 g/mol. The molecule has 0 aliphatic heterocycles. The fraction of sp³-hybridized carbons (Fsp3) is 0.667. The number of fused-ring (bicyclic) bond motifs is 1. The normalized spacial score (nSPS) is 29.8. The number of aryl methyl sites for hydroxylation is 1. The van der Waals surface area contributed by atoms with E-state index in [1.54, 1.807) is 7.11 Å². The maximum Gasteiger partial charge on any atom is 0.119 e. The lowest BCUT2D eigenvalue weighted by Gasteiger charge is -2.33. The predicted molar refractivity (Wildman–Crippen MR) is 83.4 cm³/mol. The molecule has 1 fully saturated rings. The van der Waals surface area contributed by atoms with Gasteiger partial charge in [-0.05, 0) is 61.3 Å². The zero-order valence-corrected chi connectivity index (χ0v) is 12.8. The van der Waals surface area contributed by atoms with E-state index in [2.05, 4.69) is 30.4 Å². The number of methoxy groups -OCH3 is 1. The lowest BCUT2D eigenvalue weighted by Crippen LogP contribution is -2.43. The molecule has 2 aliphatic carbocycles. The van der Waals surface area contributed by atoms with E-state index < -0.39 is 0 Å². The van der Waals surface area contributed by atoms with Gasteiger partial charge in [-0.25, -0.2) is 0 Å². The Bertz CT molecular complexity index is 457. The molecule has 0 aromatic heterocycles. The van der Waals surface area contributed by atoms with Crippen LogP contribution in [0.15, 0.2) is 18.2 Å². The van der Waals surface area contributed by atoms with E-state index in [0.29, 0.717) is 6.04 Å². The molecule has 3 atom stereocenters. The highest BCUT2D eigenvalue weighted by atomic mass is 16.5. The average Bonchev–Trinajstić information content (AvgIpc) is 2.46. The summed E-state index contributed by atoms with van der Waals surface area (Å²) >= 11 is 0. The minimum absolute atomic E-state index is 0.657. The summed E-state index contributed by atoms with van der Waals surface area (Å²) < 4.78 is 5.36. The zero-order chi connectivity index (χ0) is 13.9. The first kappa shape index (κ1) is 13.9. The van der Waals surface area contributed by atoms with E-state index in [-0.39, 0.29) is 0 Å². The predicted octanol–water partition coefficient (Wildman–Crippen LogP) is 3.72. The van der Waals surface area contributed by atoms with E-state index in [0.717, 1.165) is 24.1 Å². The Morgan fingerprint density at radius 1 is 1.10 bits per heavy atom. The van der Waals surface area contributed by atoms with Gasteiger partial charge in [0.15, 0.2) is 0 Å². The Morgan fingerprint density at radius 3 is 2.80 bits per heavy atom. The van der Waals surface area contributed by atoms with Gasteiger partial charge >= 0.3 is 0 Å². The Morgan fingerprint density at radius 2 is 2.00 bits per heavy atom. The van der Waals surface area contributed by atoms with Gasteiger partial charge in [0.1, 0.15) is 5.75 Å². The van der Waals surface area contributed by atoms with Crippen LogP contribution in [0.3, 0.4) is 0 Å². The molecular formula is C18H27NO. The molecule has 0 spiro atoms. The van der Waals surface area contributed by atoms with Crippen molar-refractivity contribution in [1.29, 1.82) is 0 Å². The minimum Gasteiger partial charge on any atom is -0.497 e. The Hall–Kier alpha value is -1.02. The topological polar surface area (TPSA) is 21.3 Å². The summed E-state index contributed by atoms with van der Waals surface area (Å²) in [5, 5.41) is 3.93. The molecule has 2 nitrogen and oxygen atoms in total. The third-order valence-electron chi connectivity index (χ3n) is 5.05. The van der Waals surface area contributed by atoms with Gasteiger partial charge in [-0.2, -0.15) is 0 Å². The van der Waals surface area contributed by atoms with Gasteiger partial charge in [0.2, 0.25) is 0 Å². The molecule has 0 heterocycles. The highest BCUT2D eigenvalue weighted by molar-refractivity contribution is 5.37. The molecule has 0 saturated heterocycles. The van der Waals surface area contributed by atoms with Crippen molar-refractivity contribution in [1.82, 2.24) is 5.32 Å².